The van der Waals surface area contributed by atoms with Gasteiger partial charge < -0.3 is 15.4 Å². The Balaban J connectivity index is 2.03. The van der Waals surface area contributed by atoms with Crippen molar-refractivity contribution >= 4 is 22.0 Å². The van der Waals surface area contributed by atoms with Crippen LogP contribution in [0, 0.1) is 11.2 Å². The molecule has 1 saturated heterocycles. The molecule has 1 heterocycles. The molecule has 1 aromatic carbocycles. The van der Waals surface area contributed by atoms with Crippen LogP contribution < -0.4 is 5.73 Å². The summed E-state index contributed by atoms with van der Waals surface area (Å²) < 4.78 is 19.9. The predicted octanol–water partition coefficient (Wildman–Crippen LogP) is 4.11. The fourth-order valence-electron chi connectivity index (χ4n) is 3.03. The first-order valence-electron chi connectivity index (χ1n) is 8.26. The van der Waals surface area contributed by atoms with E-state index in [1.54, 1.807) is 17.0 Å². The maximum absolute atomic E-state index is 13.5. The molecule has 2 rings (SSSR count). The third-order valence-electron chi connectivity index (χ3n) is 4.48. The predicted molar refractivity (Wildman–Crippen MR) is 96.3 cm³/mol. The Kier molecular flexibility index (Phi) is 5.91. The lowest BCUT2D eigenvalue weighted by molar-refractivity contribution is 0.0109. The second-order valence-electron chi connectivity index (χ2n) is 7.58. The van der Waals surface area contributed by atoms with E-state index in [4.69, 9.17) is 10.5 Å². The number of hydrogen-bond acceptors (Lipinski definition) is 3. The van der Waals surface area contributed by atoms with Crippen molar-refractivity contribution in [2.45, 2.75) is 45.6 Å². The van der Waals surface area contributed by atoms with Crippen LogP contribution in [0.5, 0.6) is 0 Å². The lowest BCUT2D eigenvalue weighted by Gasteiger charge is -2.41. The molecule has 0 aliphatic carbocycles. The molecular weight excluding hydrogens is 375 g/mol. The number of halogens is 2. The van der Waals surface area contributed by atoms with Crippen molar-refractivity contribution in [3.63, 3.8) is 0 Å². The highest BCUT2D eigenvalue weighted by molar-refractivity contribution is 9.10. The van der Waals surface area contributed by atoms with Gasteiger partial charge in [-0.25, -0.2) is 9.18 Å². The first-order chi connectivity index (χ1) is 11.1. The fourth-order valence-corrected chi connectivity index (χ4v) is 3.41. The smallest absolute Gasteiger partial charge is 0.410 e. The average Bonchev–Trinajstić information content (AvgIpc) is 2.50. The number of likely N-dealkylation sites (tertiary alicyclic amines) is 1. The summed E-state index contributed by atoms with van der Waals surface area (Å²) in [5, 5.41) is 0. The highest BCUT2D eigenvalue weighted by atomic mass is 79.9. The molecule has 1 aliphatic heterocycles. The molecule has 4 nitrogen and oxygen atoms in total. The largest absolute Gasteiger partial charge is 0.444 e. The van der Waals surface area contributed by atoms with E-state index in [0.717, 1.165) is 22.9 Å². The molecule has 134 valence electrons. The van der Waals surface area contributed by atoms with Gasteiger partial charge in [-0.05, 0) is 75.8 Å². The van der Waals surface area contributed by atoms with Gasteiger partial charge in [-0.3, -0.25) is 0 Å². The van der Waals surface area contributed by atoms with Crippen molar-refractivity contribution < 1.29 is 13.9 Å². The summed E-state index contributed by atoms with van der Waals surface area (Å²) in [6.07, 6.45) is 1.99. The van der Waals surface area contributed by atoms with Crippen LogP contribution in [0.2, 0.25) is 0 Å². The molecule has 6 heteroatoms. The summed E-state index contributed by atoms with van der Waals surface area (Å²) in [6.45, 7) is 7.32. The Morgan fingerprint density at radius 2 is 2.00 bits per heavy atom. The van der Waals surface area contributed by atoms with Crippen molar-refractivity contribution in [1.29, 1.82) is 0 Å². The summed E-state index contributed by atoms with van der Waals surface area (Å²) in [7, 11) is 0. The van der Waals surface area contributed by atoms with Crippen molar-refractivity contribution in [3.8, 4) is 0 Å². The SMILES string of the molecule is CC(C)(C)OC(=O)N1CCC(CN)(Cc2cc(F)ccc2Br)CC1. The molecule has 0 atom stereocenters. The summed E-state index contributed by atoms with van der Waals surface area (Å²) in [5.41, 5.74) is 6.37. The number of benzene rings is 1. The first-order valence-corrected chi connectivity index (χ1v) is 9.05. The molecule has 0 spiro atoms. The Labute approximate surface area is 151 Å². The second-order valence-corrected chi connectivity index (χ2v) is 8.44. The molecule has 0 bridgehead atoms. The normalized spacial score (nSPS) is 17.7. The Morgan fingerprint density at radius 1 is 1.38 bits per heavy atom. The van der Waals surface area contributed by atoms with Gasteiger partial charge in [0.25, 0.3) is 0 Å². The molecule has 0 saturated carbocycles. The summed E-state index contributed by atoms with van der Waals surface area (Å²) in [5.74, 6) is -0.244. The van der Waals surface area contributed by atoms with E-state index < -0.39 is 5.60 Å². The van der Waals surface area contributed by atoms with Gasteiger partial charge in [-0.15, -0.1) is 0 Å². The summed E-state index contributed by atoms with van der Waals surface area (Å²) in [4.78, 5) is 13.9. The van der Waals surface area contributed by atoms with Gasteiger partial charge in [0, 0.05) is 17.6 Å². The van der Waals surface area contributed by atoms with Crippen LogP contribution >= 0.6 is 15.9 Å². The van der Waals surface area contributed by atoms with Gasteiger partial charge >= 0.3 is 6.09 Å². The average molecular weight is 401 g/mol. The number of nitrogens with two attached hydrogens (primary N) is 1. The van der Waals surface area contributed by atoms with Gasteiger partial charge in [-0.2, -0.15) is 0 Å². The van der Waals surface area contributed by atoms with Crippen LogP contribution in [0.25, 0.3) is 0 Å². The molecule has 1 aromatic rings. The molecule has 0 radical (unpaired) electrons. The topological polar surface area (TPSA) is 55.6 Å². The van der Waals surface area contributed by atoms with E-state index in [9.17, 15) is 9.18 Å². The zero-order chi connectivity index (χ0) is 18.0. The third kappa shape index (κ3) is 4.93. The van der Waals surface area contributed by atoms with Gasteiger partial charge in [-0.1, -0.05) is 15.9 Å². The van der Waals surface area contributed by atoms with E-state index in [1.165, 1.54) is 6.07 Å². The van der Waals surface area contributed by atoms with Crippen molar-refractivity contribution in [3.05, 3.63) is 34.1 Å². The van der Waals surface area contributed by atoms with Crippen molar-refractivity contribution in [2.24, 2.45) is 11.1 Å². The lowest BCUT2D eigenvalue weighted by Crippen LogP contribution is -2.48. The van der Waals surface area contributed by atoms with Crippen LogP contribution in [0.4, 0.5) is 9.18 Å². The number of amides is 1. The highest BCUT2D eigenvalue weighted by Gasteiger charge is 2.36. The number of carbonyl (C=O) groups is 1. The van der Waals surface area contributed by atoms with Crippen LogP contribution in [0.1, 0.15) is 39.2 Å². The maximum atomic E-state index is 13.5. The minimum Gasteiger partial charge on any atom is -0.444 e. The Bertz CT molecular complexity index is 593. The first kappa shape index (κ1) is 19.2. The Morgan fingerprint density at radius 3 is 2.54 bits per heavy atom. The van der Waals surface area contributed by atoms with Crippen LogP contribution in [-0.2, 0) is 11.2 Å². The number of rotatable bonds is 3. The van der Waals surface area contributed by atoms with Crippen LogP contribution in [0.15, 0.2) is 22.7 Å². The van der Waals surface area contributed by atoms with Gasteiger partial charge in [0.15, 0.2) is 0 Å². The second kappa shape index (κ2) is 7.40. The molecule has 1 amide bonds. The molecule has 0 unspecified atom stereocenters. The quantitative estimate of drug-likeness (QED) is 0.830. The summed E-state index contributed by atoms with van der Waals surface area (Å²) in [6, 6.07) is 4.72. The van der Waals surface area contributed by atoms with Gasteiger partial charge in [0.1, 0.15) is 11.4 Å². The standard InChI is InChI=1S/C18H26BrFN2O2/c1-17(2,3)24-16(23)22-8-6-18(12-21,7-9-22)11-13-10-14(20)4-5-15(13)19/h4-5,10H,6-9,11-12,21H2,1-3H3. The minimum absolute atomic E-state index is 0.116. The minimum atomic E-state index is -0.494. The van der Waals surface area contributed by atoms with Gasteiger partial charge in [0.2, 0.25) is 0 Å². The van der Waals surface area contributed by atoms with E-state index >= 15 is 0 Å². The molecule has 24 heavy (non-hydrogen) atoms. The Hall–Kier alpha value is -1.14. The van der Waals surface area contributed by atoms with Crippen LogP contribution in [0.3, 0.4) is 0 Å². The van der Waals surface area contributed by atoms with Crippen LogP contribution in [-0.4, -0.2) is 36.2 Å². The number of hydrogen-bond donors (Lipinski definition) is 1. The molecular formula is C18H26BrFN2O2. The molecule has 1 fully saturated rings. The zero-order valence-corrected chi connectivity index (χ0v) is 16.2. The molecule has 1 aliphatic rings. The maximum Gasteiger partial charge on any atom is 0.410 e. The van der Waals surface area contributed by atoms with Gasteiger partial charge in [0.05, 0.1) is 0 Å². The molecule has 0 aromatic heterocycles. The number of ether oxygens (including phenoxy) is 1. The van der Waals surface area contributed by atoms with E-state index in [2.05, 4.69) is 15.9 Å². The van der Waals surface area contributed by atoms with E-state index in [0.29, 0.717) is 26.1 Å². The zero-order valence-electron chi connectivity index (χ0n) is 14.6. The van der Waals surface area contributed by atoms with Crippen molar-refractivity contribution in [1.82, 2.24) is 4.90 Å². The number of carbonyl (C=O) groups excluding carboxylic acids is 1. The van der Waals surface area contributed by atoms with Crippen molar-refractivity contribution in [2.75, 3.05) is 19.6 Å². The van der Waals surface area contributed by atoms with E-state index in [-0.39, 0.29) is 17.3 Å². The number of piperidine rings is 1. The summed E-state index contributed by atoms with van der Waals surface area (Å²) >= 11 is 3.49. The third-order valence-corrected chi connectivity index (χ3v) is 5.26. The molecule has 2 N–H and O–H groups in total. The fraction of sp³-hybridized carbons (Fsp3) is 0.611. The lowest BCUT2D eigenvalue weighted by atomic mass is 9.74. The monoisotopic (exact) mass is 400 g/mol. The number of nitrogens with zero attached hydrogens (tertiary/aromatic N) is 1. The highest BCUT2D eigenvalue weighted by Crippen LogP contribution is 2.36. The van der Waals surface area contributed by atoms with E-state index in [1.807, 2.05) is 20.8 Å².